The lowest BCUT2D eigenvalue weighted by atomic mass is 9.64. The maximum atomic E-state index is 2.71. The first-order valence-electron chi connectivity index (χ1n) is 9.78. The lowest BCUT2D eigenvalue weighted by Gasteiger charge is -2.40. The van der Waals surface area contributed by atoms with Crippen LogP contribution in [0.2, 0.25) is 0 Å². The fourth-order valence-corrected chi connectivity index (χ4v) is 6.93. The molecule has 0 bridgehead atoms. The summed E-state index contributed by atoms with van der Waals surface area (Å²) in [6.07, 6.45) is 9.97. The van der Waals surface area contributed by atoms with Crippen molar-refractivity contribution in [3.63, 3.8) is 0 Å². The fraction of sp³-hybridized carbons (Fsp3) is 0.818. The molecule has 0 saturated heterocycles. The highest BCUT2D eigenvalue weighted by Gasteiger charge is 2.64. The van der Waals surface area contributed by atoms with Crippen molar-refractivity contribution in [2.24, 2.45) is 40.4 Å². The van der Waals surface area contributed by atoms with Crippen LogP contribution in [-0.4, -0.2) is 0 Å². The summed E-state index contributed by atoms with van der Waals surface area (Å²) in [7, 11) is 0. The Morgan fingerprint density at radius 2 is 1.95 bits per heavy atom. The number of allylic oxidation sites excluding steroid dienone is 4. The first-order chi connectivity index (χ1) is 10.4. The number of hydrogen-bond donors (Lipinski definition) is 0. The van der Waals surface area contributed by atoms with Crippen LogP contribution in [0.3, 0.4) is 0 Å². The number of fused-ring (bicyclic) bond motifs is 3. The van der Waals surface area contributed by atoms with E-state index in [9.17, 15) is 0 Å². The van der Waals surface area contributed by atoms with Crippen molar-refractivity contribution in [2.45, 2.75) is 73.6 Å². The predicted octanol–water partition coefficient (Wildman–Crippen LogP) is 6.39. The molecule has 0 aromatic rings. The van der Waals surface area contributed by atoms with Crippen LogP contribution in [0.15, 0.2) is 22.8 Å². The van der Waals surface area contributed by atoms with Crippen molar-refractivity contribution in [3.05, 3.63) is 22.8 Å². The van der Waals surface area contributed by atoms with Gasteiger partial charge < -0.3 is 0 Å². The Kier molecular flexibility index (Phi) is 3.09. The summed E-state index contributed by atoms with van der Waals surface area (Å²) in [6.45, 7) is 14.7. The van der Waals surface area contributed by atoms with E-state index in [1.807, 2.05) is 0 Å². The monoisotopic (exact) mass is 298 g/mol. The van der Waals surface area contributed by atoms with E-state index in [1.165, 1.54) is 32.1 Å². The average molecular weight is 299 g/mol. The summed E-state index contributed by atoms with van der Waals surface area (Å²) < 4.78 is 0. The van der Waals surface area contributed by atoms with Gasteiger partial charge >= 0.3 is 0 Å². The van der Waals surface area contributed by atoms with E-state index < -0.39 is 0 Å². The summed E-state index contributed by atoms with van der Waals surface area (Å²) in [5.74, 6) is 4.61. The predicted molar refractivity (Wildman–Crippen MR) is 94.6 cm³/mol. The number of rotatable bonds is 4. The van der Waals surface area contributed by atoms with Gasteiger partial charge in [-0.25, -0.2) is 0 Å². The van der Waals surface area contributed by atoms with E-state index >= 15 is 0 Å². The second kappa shape index (κ2) is 4.52. The van der Waals surface area contributed by atoms with Gasteiger partial charge in [0.05, 0.1) is 0 Å². The molecule has 0 heterocycles. The summed E-state index contributed by atoms with van der Waals surface area (Å²) in [4.78, 5) is 0. The molecule has 6 unspecified atom stereocenters. The van der Waals surface area contributed by atoms with Crippen molar-refractivity contribution in [3.8, 4) is 0 Å². The van der Waals surface area contributed by atoms with E-state index in [-0.39, 0.29) is 0 Å². The van der Waals surface area contributed by atoms with Gasteiger partial charge in [-0.3, -0.25) is 0 Å². The van der Waals surface area contributed by atoms with Crippen molar-refractivity contribution in [2.75, 3.05) is 0 Å². The SMILES string of the molecule is CCC1(C(C)C)CC1CC12C=C1C(C)=C(C)C1CCC(C)C12. The maximum Gasteiger partial charge on any atom is 0.0177 e. The highest BCUT2D eigenvalue weighted by molar-refractivity contribution is 5.59. The molecule has 22 heavy (non-hydrogen) atoms. The Morgan fingerprint density at radius 1 is 1.23 bits per heavy atom. The van der Waals surface area contributed by atoms with E-state index in [0.29, 0.717) is 10.8 Å². The van der Waals surface area contributed by atoms with Crippen molar-refractivity contribution in [1.82, 2.24) is 0 Å². The van der Waals surface area contributed by atoms with Crippen LogP contribution in [0.1, 0.15) is 73.6 Å². The summed E-state index contributed by atoms with van der Waals surface area (Å²) >= 11 is 0. The van der Waals surface area contributed by atoms with Gasteiger partial charge in [0.1, 0.15) is 0 Å². The largest absolute Gasteiger partial charge is 0.0692 e. The normalized spacial score (nSPS) is 49.1. The van der Waals surface area contributed by atoms with Gasteiger partial charge in [-0.05, 0) is 92.1 Å². The van der Waals surface area contributed by atoms with Gasteiger partial charge in [0.25, 0.3) is 0 Å². The first-order valence-corrected chi connectivity index (χ1v) is 9.78. The van der Waals surface area contributed by atoms with Crippen molar-refractivity contribution in [1.29, 1.82) is 0 Å². The molecule has 0 aromatic heterocycles. The highest BCUT2D eigenvalue weighted by atomic mass is 14.7. The molecule has 0 spiro atoms. The summed E-state index contributed by atoms with van der Waals surface area (Å²) in [6, 6.07) is 0. The first kappa shape index (κ1) is 15.0. The van der Waals surface area contributed by atoms with Crippen LogP contribution in [0.25, 0.3) is 0 Å². The Balaban J connectivity index is 1.61. The van der Waals surface area contributed by atoms with Gasteiger partial charge in [0.2, 0.25) is 0 Å². The Hall–Kier alpha value is -0.520. The molecule has 0 heteroatoms. The summed E-state index contributed by atoms with van der Waals surface area (Å²) in [5.41, 5.74) is 6.37. The van der Waals surface area contributed by atoms with Crippen molar-refractivity contribution < 1.29 is 0 Å². The minimum absolute atomic E-state index is 0.528. The van der Waals surface area contributed by atoms with E-state index in [4.69, 9.17) is 0 Å². The molecule has 4 rings (SSSR count). The van der Waals surface area contributed by atoms with Crippen molar-refractivity contribution >= 4 is 0 Å². The van der Waals surface area contributed by atoms with Gasteiger partial charge in [0.15, 0.2) is 0 Å². The van der Waals surface area contributed by atoms with E-state index in [2.05, 4.69) is 47.6 Å². The topological polar surface area (TPSA) is 0 Å². The number of hydrogen-bond acceptors (Lipinski definition) is 0. The van der Waals surface area contributed by atoms with Crippen LogP contribution in [0.5, 0.6) is 0 Å². The molecule has 2 saturated carbocycles. The standard InChI is InChI=1S/C22H34/c1-7-21(13(2)3)10-17(21)11-22-12-19(22)16(6)15(5)18-9-8-14(4)20(18)22/h12-14,17-18,20H,7-11H2,1-6H3. The van der Waals surface area contributed by atoms with Crippen LogP contribution < -0.4 is 0 Å². The molecule has 6 atom stereocenters. The smallest absolute Gasteiger partial charge is 0.0177 e. The minimum atomic E-state index is 0.528. The van der Waals surface area contributed by atoms with E-state index in [0.717, 1.165) is 29.6 Å². The lowest BCUT2D eigenvalue weighted by Crippen LogP contribution is -2.33. The maximum absolute atomic E-state index is 2.71. The molecule has 0 radical (unpaired) electrons. The third-order valence-corrected chi connectivity index (χ3v) is 8.62. The lowest BCUT2D eigenvalue weighted by molar-refractivity contribution is 0.183. The quantitative estimate of drug-likeness (QED) is 0.564. The van der Waals surface area contributed by atoms with Crippen LogP contribution in [0, 0.1) is 40.4 Å². The zero-order valence-electron chi connectivity index (χ0n) is 15.5. The molecule has 0 nitrogen and oxygen atoms in total. The fourth-order valence-electron chi connectivity index (χ4n) is 6.93. The third-order valence-electron chi connectivity index (χ3n) is 8.62. The highest BCUT2D eigenvalue weighted by Crippen LogP contribution is 2.73. The van der Waals surface area contributed by atoms with Crippen LogP contribution >= 0.6 is 0 Å². The molecule has 122 valence electrons. The van der Waals surface area contributed by atoms with Crippen LogP contribution in [-0.2, 0) is 0 Å². The molecule has 0 amide bonds. The molecule has 2 fully saturated rings. The minimum Gasteiger partial charge on any atom is -0.0692 e. The zero-order valence-corrected chi connectivity index (χ0v) is 15.5. The Bertz CT molecular complexity index is 563. The third kappa shape index (κ3) is 1.70. The molecule has 0 aromatic carbocycles. The van der Waals surface area contributed by atoms with Crippen LogP contribution in [0.4, 0.5) is 0 Å². The molecule has 0 N–H and O–H groups in total. The molecule has 0 aliphatic heterocycles. The molecular formula is C22H34. The van der Waals surface area contributed by atoms with Gasteiger partial charge in [-0.15, -0.1) is 0 Å². The second-order valence-corrected chi connectivity index (χ2v) is 9.44. The molecular weight excluding hydrogens is 264 g/mol. The Labute approximate surface area is 137 Å². The van der Waals surface area contributed by atoms with E-state index in [1.54, 1.807) is 16.7 Å². The molecule has 4 aliphatic rings. The van der Waals surface area contributed by atoms with Gasteiger partial charge in [-0.1, -0.05) is 39.3 Å². The molecule has 4 aliphatic carbocycles. The Morgan fingerprint density at radius 3 is 2.55 bits per heavy atom. The average Bonchev–Trinajstić information content (AvgIpc) is 3.34. The zero-order chi connectivity index (χ0) is 15.9. The summed E-state index contributed by atoms with van der Waals surface area (Å²) in [5, 5.41) is 0. The second-order valence-electron chi connectivity index (χ2n) is 9.44. The van der Waals surface area contributed by atoms with Gasteiger partial charge in [0, 0.05) is 5.41 Å². The van der Waals surface area contributed by atoms with Gasteiger partial charge in [-0.2, -0.15) is 0 Å².